The van der Waals surface area contributed by atoms with Crippen molar-refractivity contribution in [3.63, 3.8) is 0 Å². The maximum atomic E-state index is 12.2. The van der Waals surface area contributed by atoms with Crippen molar-refractivity contribution in [1.29, 1.82) is 0 Å². The molecule has 6 heteroatoms. The highest BCUT2D eigenvalue weighted by Crippen LogP contribution is 2.22. The third-order valence-electron chi connectivity index (χ3n) is 4.47. The lowest BCUT2D eigenvalue weighted by atomic mass is 10.1. The van der Waals surface area contributed by atoms with E-state index in [-0.39, 0.29) is 5.91 Å². The minimum Gasteiger partial charge on any atom is -0.356 e. The number of nitrogens with zero attached hydrogens (tertiary/aromatic N) is 3. The second-order valence-electron chi connectivity index (χ2n) is 6.55. The van der Waals surface area contributed by atoms with Crippen molar-refractivity contribution in [2.24, 2.45) is 0 Å². The number of aryl methyl sites for hydroxylation is 1. The van der Waals surface area contributed by atoms with Crippen LogP contribution >= 0.6 is 11.8 Å². The Kier molecular flexibility index (Phi) is 6.89. The molecule has 0 aliphatic carbocycles. The SMILES string of the molecule is CCCCc1ccc(NC(=O)CSc2cc(N3CCCC3)ncn2)cc1. The van der Waals surface area contributed by atoms with Crippen LogP contribution in [-0.4, -0.2) is 34.7 Å². The van der Waals surface area contributed by atoms with Gasteiger partial charge in [-0.3, -0.25) is 4.79 Å². The summed E-state index contributed by atoms with van der Waals surface area (Å²) in [5.41, 5.74) is 2.16. The van der Waals surface area contributed by atoms with Crippen LogP contribution in [0.4, 0.5) is 11.5 Å². The number of unbranched alkanes of at least 4 members (excludes halogenated alkanes) is 1. The summed E-state index contributed by atoms with van der Waals surface area (Å²) in [5, 5.41) is 3.79. The number of amides is 1. The van der Waals surface area contributed by atoms with Crippen LogP contribution in [0, 0.1) is 0 Å². The topological polar surface area (TPSA) is 58.1 Å². The Morgan fingerprint density at radius 2 is 1.96 bits per heavy atom. The minimum atomic E-state index is -0.0161. The van der Waals surface area contributed by atoms with E-state index < -0.39 is 0 Å². The molecule has 1 amide bonds. The molecule has 0 bridgehead atoms. The van der Waals surface area contributed by atoms with Gasteiger partial charge in [0.05, 0.1) is 5.75 Å². The predicted octanol–water partition coefficient (Wildman–Crippen LogP) is 4.15. The number of aromatic nitrogens is 2. The molecule has 1 saturated heterocycles. The minimum absolute atomic E-state index is 0.0161. The van der Waals surface area contributed by atoms with Crippen LogP contribution < -0.4 is 10.2 Å². The van der Waals surface area contributed by atoms with Crippen molar-refractivity contribution >= 4 is 29.2 Å². The van der Waals surface area contributed by atoms with E-state index in [0.29, 0.717) is 5.75 Å². The van der Waals surface area contributed by atoms with E-state index in [1.807, 2.05) is 18.2 Å². The lowest BCUT2D eigenvalue weighted by Gasteiger charge is -2.16. The number of benzene rings is 1. The zero-order valence-electron chi connectivity index (χ0n) is 15.3. The summed E-state index contributed by atoms with van der Waals surface area (Å²) < 4.78 is 0. The first kappa shape index (κ1) is 18.7. The van der Waals surface area contributed by atoms with E-state index in [2.05, 4.69) is 39.2 Å². The van der Waals surface area contributed by atoms with Gasteiger partial charge in [-0.05, 0) is 43.4 Å². The van der Waals surface area contributed by atoms with Crippen molar-refractivity contribution in [2.45, 2.75) is 44.1 Å². The molecule has 0 atom stereocenters. The van der Waals surface area contributed by atoms with Crippen LogP contribution in [0.2, 0.25) is 0 Å². The maximum absolute atomic E-state index is 12.2. The van der Waals surface area contributed by atoms with Crippen LogP contribution in [0.1, 0.15) is 38.2 Å². The summed E-state index contributed by atoms with van der Waals surface area (Å²) in [6, 6.07) is 10.1. The van der Waals surface area contributed by atoms with Gasteiger partial charge in [0.1, 0.15) is 17.2 Å². The molecule has 2 aromatic rings. The Labute approximate surface area is 159 Å². The molecule has 3 rings (SSSR count). The van der Waals surface area contributed by atoms with Gasteiger partial charge in [0, 0.05) is 24.8 Å². The van der Waals surface area contributed by atoms with Gasteiger partial charge < -0.3 is 10.2 Å². The molecular formula is C20H26N4OS. The normalized spacial score (nSPS) is 13.8. The molecule has 0 unspecified atom stereocenters. The molecular weight excluding hydrogens is 344 g/mol. The first-order valence-electron chi connectivity index (χ1n) is 9.33. The summed E-state index contributed by atoms with van der Waals surface area (Å²) in [5.74, 6) is 1.29. The third-order valence-corrected chi connectivity index (χ3v) is 5.39. The van der Waals surface area contributed by atoms with E-state index in [1.165, 1.54) is 43.0 Å². The van der Waals surface area contributed by atoms with Crippen LogP contribution in [0.3, 0.4) is 0 Å². The summed E-state index contributed by atoms with van der Waals surface area (Å²) in [7, 11) is 0. The van der Waals surface area contributed by atoms with E-state index in [1.54, 1.807) is 6.33 Å². The van der Waals surface area contributed by atoms with E-state index in [4.69, 9.17) is 0 Å². The van der Waals surface area contributed by atoms with Gasteiger partial charge in [-0.25, -0.2) is 9.97 Å². The molecule has 0 saturated carbocycles. The second-order valence-corrected chi connectivity index (χ2v) is 7.54. The number of hydrogen-bond donors (Lipinski definition) is 1. The van der Waals surface area contributed by atoms with Gasteiger partial charge in [-0.2, -0.15) is 0 Å². The average molecular weight is 371 g/mol. The standard InChI is InChI=1S/C20H26N4OS/c1-2-3-6-16-7-9-17(10-8-16)23-19(25)14-26-20-13-18(21-15-22-20)24-11-4-5-12-24/h7-10,13,15H,2-6,11-12,14H2,1H3,(H,23,25). The van der Waals surface area contributed by atoms with Crippen LogP contribution in [-0.2, 0) is 11.2 Å². The number of carbonyl (C=O) groups excluding carboxylic acids is 1. The Morgan fingerprint density at radius 1 is 1.19 bits per heavy atom. The first-order chi connectivity index (χ1) is 12.7. The molecule has 1 aliphatic heterocycles. The molecule has 0 radical (unpaired) electrons. The Bertz CT molecular complexity index is 714. The number of rotatable bonds is 8. The number of anilines is 2. The van der Waals surface area contributed by atoms with Crippen molar-refractivity contribution in [2.75, 3.05) is 29.1 Å². The van der Waals surface area contributed by atoms with E-state index in [0.717, 1.165) is 36.0 Å². The van der Waals surface area contributed by atoms with Gasteiger partial charge in [-0.15, -0.1) is 0 Å². The molecule has 1 aliphatic rings. The van der Waals surface area contributed by atoms with E-state index >= 15 is 0 Å². The highest BCUT2D eigenvalue weighted by atomic mass is 32.2. The highest BCUT2D eigenvalue weighted by molar-refractivity contribution is 7.99. The summed E-state index contributed by atoms with van der Waals surface area (Å²) >= 11 is 1.45. The summed E-state index contributed by atoms with van der Waals surface area (Å²) in [6.07, 6.45) is 7.49. The van der Waals surface area contributed by atoms with Crippen molar-refractivity contribution in [1.82, 2.24) is 9.97 Å². The molecule has 5 nitrogen and oxygen atoms in total. The number of carbonyl (C=O) groups is 1. The van der Waals surface area contributed by atoms with Crippen LogP contribution in [0.15, 0.2) is 41.7 Å². The zero-order chi connectivity index (χ0) is 18.2. The first-order valence-corrected chi connectivity index (χ1v) is 10.3. The number of hydrogen-bond acceptors (Lipinski definition) is 5. The Hall–Kier alpha value is -2.08. The molecule has 138 valence electrons. The smallest absolute Gasteiger partial charge is 0.234 e. The van der Waals surface area contributed by atoms with Gasteiger partial charge >= 0.3 is 0 Å². The van der Waals surface area contributed by atoms with Crippen LogP contribution in [0.5, 0.6) is 0 Å². The molecule has 1 N–H and O–H groups in total. The van der Waals surface area contributed by atoms with Crippen molar-refractivity contribution in [3.05, 3.63) is 42.2 Å². The summed E-state index contributed by atoms with van der Waals surface area (Å²) in [6.45, 7) is 4.30. The maximum Gasteiger partial charge on any atom is 0.234 e. The number of thioether (sulfide) groups is 1. The largest absolute Gasteiger partial charge is 0.356 e. The molecule has 26 heavy (non-hydrogen) atoms. The monoisotopic (exact) mass is 370 g/mol. The van der Waals surface area contributed by atoms with Gasteiger partial charge in [-0.1, -0.05) is 37.2 Å². The molecule has 1 aromatic carbocycles. The zero-order valence-corrected chi connectivity index (χ0v) is 16.1. The van der Waals surface area contributed by atoms with Crippen molar-refractivity contribution in [3.8, 4) is 0 Å². The lowest BCUT2D eigenvalue weighted by molar-refractivity contribution is -0.113. The quantitative estimate of drug-likeness (QED) is 0.559. The fraction of sp³-hybridized carbons (Fsp3) is 0.450. The van der Waals surface area contributed by atoms with Crippen LogP contribution in [0.25, 0.3) is 0 Å². The molecule has 1 fully saturated rings. The Balaban J connectivity index is 1.48. The Morgan fingerprint density at radius 3 is 2.69 bits per heavy atom. The molecule has 2 heterocycles. The van der Waals surface area contributed by atoms with Gasteiger partial charge in [0.15, 0.2) is 0 Å². The van der Waals surface area contributed by atoms with Gasteiger partial charge in [0.2, 0.25) is 5.91 Å². The molecule has 0 spiro atoms. The lowest BCUT2D eigenvalue weighted by Crippen LogP contribution is -2.19. The second kappa shape index (κ2) is 9.57. The van der Waals surface area contributed by atoms with Crippen molar-refractivity contribution < 1.29 is 4.79 Å². The summed E-state index contributed by atoms with van der Waals surface area (Å²) in [4.78, 5) is 23.1. The third kappa shape index (κ3) is 5.46. The van der Waals surface area contributed by atoms with Gasteiger partial charge in [0.25, 0.3) is 0 Å². The predicted molar refractivity (Wildman–Crippen MR) is 108 cm³/mol. The number of nitrogens with one attached hydrogen (secondary N) is 1. The van der Waals surface area contributed by atoms with E-state index in [9.17, 15) is 4.79 Å². The fourth-order valence-corrected chi connectivity index (χ4v) is 3.66. The molecule has 1 aromatic heterocycles. The fourth-order valence-electron chi connectivity index (χ4n) is 3.00. The average Bonchev–Trinajstić information content (AvgIpc) is 3.21. The highest BCUT2D eigenvalue weighted by Gasteiger charge is 2.14.